The van der Waals surface area contributed by atoms with Gasteiger partial charge >= 0.3 is 0 Å². The molecule has 0 spiro atoms. The van der Waals surface area contributed by atoms with E-state index in [2.05, 4.69) is 20.8 Å². The minimum absolute atomic E-state index is 0.0519. The summed E-state index contributed by atoms with van der Waals surface area (Å²) < 4.78 is 6.77. The van der Waals surface area contributed by atoms with Crippen LogP contribution in [0.4, 0.5) is 5.69 Å². The fourth-order valence-electron chi connectivity index (χ4n) is 2.94. The van der Waals surface area contributed by atoms with E-state index in [0.717, 1.165) is 5.69 Å². The number of carbonyl (C=O) groups excluding carboxylic acids is 2. The molecule has 0 aliphatic carbocycles. The lowest BCUT2D eigenvalue weighted by Gasteiger charge is -2.15. The van der Waals surface area contributed by atoms with E-state index in [1.807, 2.05) is 12.1 Å². The number of tetrazole rings is 1. The Bertz CT molecular complexity index is 906. The van der Waals surface area contributed by atoms with E-state index in [0.29, 0.717) is 24.5 Å². The van der Waals surface area contributed by atoms with Crippen LogP contribution >= 0.6 is 0 Å². The normalized spacial score (nSPS) is 16.8. The summed E-state index contributed by atoms with van der Waals surface area (Å²) in [5.74, 6) is 0.0702. The summed E-state index contributed by atoms with van der Waals surface area (Å²) in [6.07, 6.45) is 3.24. The maximum Gasteiger partial charge on any atom is 0.229 e. The average molecular weight is 352 g/mol. The van der Waals surface area contributed by atoms with Crippen molar-refractivity contribution in [3.05, 3.63) is 54.7 Å². The van der Waals surface area contributed by atoms with Gasteiger partial charge in [0.1, 0.15) is 12.1 Å². The van der Waals surface area contributed by atoms with Gasteiger partial charge in [-0.25, -0.2) is 4.68 Å². The van der Waals surface area contributed by atoms with Gasteiger partial charge < -0.3 is 14.6 Å². The topological polar surface area (TPSA) is 106 Å². The number of rotatable bonds is 5. The van der Waals surface area contributed by atoms with Gasteiger partial charge in [-0.2, -0.15) is 0 Å². The molecule has 1 saturated heterocycles. The Morgan fingerprint density at radius 1 is 1.31 bits per heavy atom. The van der Waals surface area contributed by atoms with Crippen molar-refractivity contribution in [2.45, 2.75) is 13.0 Å². The molecule has 1 fully saturated rings. The first-order valence-electron chi connectivity index (χ1n) is 8.13. The van der Waals surface area contributed by atoms with Gasteiger partial charge in [0.2, 0.25) is 11.8 Å². The molecule has 4 rings (SSSR count). The van der Waals surface area contributed by atoms with Gasteiger partial charge in [0, 0.05) is 18.7 Å². The second-order valence-corrected chi connectivity index (χ2v) is 6.05. The molecule has 0 radical (unpaired) electrons. The van der Waals surface area contributed by atoms with E-state index < -0.39 is 5.92 Å². The number of benzene rings is 1. The lowest BCUT2D eigenvalue weighted by Crippen LogP contribution is -2.27. The van der Waals surface area contributed by atoms with Gasteiger partial charge in [-0.05, 0) is 40.8 Å². The number of hydrogen-bond donors (Lipinski definition) is 1. The fourth-order valence-corrected chi connectivity index (χ4v) is 2.94. The highest BCUT2D eigenvalue weighted by Gasteiger charge is 2.34. The number of likely N-dealkylation sites (tertiary alicyclic amines) is 1. The first-order valence-corrected chi connectivity index (χ1v) is 8.13. The number of nitrogens with one attached hydrogen (secondary N) is 1. The highest BCUT2D eigenvalue weighted by Crippen LogP contribution is 2.22. The first-order chi connectivity index (χ1) is 12.7. The van der Waals surface area contributed by atoms with Gasteiger partial charge in [0.25, 0.3) is 0 Å². The van der Waals surface area contributed by atoms with Gasteiger partial charge in [0.15, 0.2) is 0 Å². The minimum Gasteiger partial charge on any atom is -0.467 e. The lowest BCUT2D eigenvalue weighted by atomic mass is 10.1. The Hall–Kier alpha value is -3.49. The average Bonchev–Trinajstić information content (AvgIpc) is 3.38. The third-order valence-corrected chi connectivity index (χ3v) is 4.24. The van der Waals surface area contributed by atoms with Crippen LogP contribution in [0, 0.1) is 5.92 Å². The number of nitrogens with zero attached hydrogens (tertiary/aromatic N) is 5. The zero-order valence-electron chi connectivity index (χ0n) is 13.8. The lowest BCUT2D eigenvalue weighted by molar-refractivity contribution is -0.128. The first kappa shape index (κ1) is 16.0. The van der Waals surface area contributed by atoms with Crippen molar-refractivity contribution in [2.75, 3.05) is 11.9 Å². The summed E-state index contributed by atoms with van der Waals surface area (Å²) in [6.45, 7) is 0.752. The molecule has 1 aliphatic rings. The third-order valence-electron chi connectivity index (χ3n) is 4.24. The summed E-state index contributed by atoms with van der Waals surface area (Å²) in [4.78, 5) is 26.3. The predicted octanol–water partition coefficient (Wildman–Crippen LogP) is 1.24. The van der Waals surface area contributed by atoms with E-state index in [4.69, 9.17) is 4.42 Å². The van der Waals surface area contributed by atoms with E-state index >= 15 is 0 Å². The third kappa shape index (κ3) is 3.32. The molecular formula is C17H16N6O3. The Morgan fingerprint density at radius 2 is 2.23 bits per heavy atom. The van der Waals surface area contributed by atoms with Crippen molar-refractivity contribution in [1.29, 1.82) is 0 Å². The predicted molar refractivity (Wildman–Crippen MR) is 90.0 cm³/mol. The molecule has 9 nitrogen and oxygen atoms in total. The molecule has 1 aromatic carbocycles. The second kappa shape index (κ2) is 6.79. The molecule has 0 bridgehead atoms. The van der Waals surface area contributed by atoms with Crippen LogP contribution in [-0.4, -0.2) is 43.5 Å². The summed E-state index contributed by atoms with van der Waals surface area (Å²) in [7, 11) is 0. The molecule has 1 N–H and O–H groups in total. The van der Waals surface area contributed by atoms with Crippen molar-refractivity contribution in [2.24, 2.45) is 5.92 Å². The van der Waals surface area contributed by atoms with Crippen LogP contribution in [-0.2, 0) is 16.1 Å². The fraction of sp³-hybridized carbons (Fsp3) is 0.235. The summed E-state index contributed by atoms with van der Waals surface area (Å²) in [5, 5.41) is 13.9. The molecule has 3 aromatic rings. The van der Waals surface area contributed by atoms with Gasteiger partial charge in [0.05, 0.1) is 24.4 Å². The maximum absolute atomic E-state index is 12.5. The van der Waals surface area contributed by atoms with Crippen LogP contribution in [0.1, 0.15) is 12.2 Å². The van der Waals surface area contributed by atoms with Gasteiger partial charge in [-0.3, -0.25) is 9.59 Å². The van der Waals surface area contributed by atoms with E-state index in [9.17, 15) is 9.59 Å². The molecule has 1 unspecified atom stereocenters. The van der Waals surface area contributed by atoms with E-state index in [1.54, 1.807) is 35.4 Å². The Morgan fingerprint density at radius 3 is 3.00 bits per heavy atom. The van der Waals surface area contributed by atoms with Gasteiger partial charge in [-0.15, -0.1) is 5.10 Å². The number of amides is 2. The number of furan rings is 1. The Kier molecular flexibility index (Phi) is 4.18. The van der Waals surface area contributed by atoms with Gasteiger partial charge in [-0.1, -0.05) is 6.07 Å². The zero-order chi connectivity index (χ0) is 17.9. The van der Waals surface area contributed by atoms with E-state index in [1.165, 1.54) is 11.0 Å². The SMILES string of the molecule is O=C(Nc1cccc(-n2cnnn2)c1)C1CC(=O)N(Cc2ccco2)C1. The number of hydrogen-bond acceptors (Lipinski definition) is 6. The van der Waals surface area contributed by atoms with Crippen LogP contribution in [0.15, 0.2) is 53.4 Å². The molecule has 9 heteroatoms. The number of anilines is 1. The molecule has 0 saturated carbocycles. The van der Waals surface area contributed by atoms with E-state index in [-0.39, 0.29) is 18.2 Å². The molecule has 1 aliphatic heterocycles. The smallest absolute Gasteiger partial charge is 0.229 e. The highest BCUT2D eigenvalue weighted by atomic mass is 16.3. The highest BCUT2D eigenvalue weighted by molar-refractivity contribution is 5.97. The van der Waals surface area contributed by atoms with Crippen LogP contribution in [0.25, 0.3) is 5.69 Å². The quantitative estimate of drug-likeness (QED) is 0.740. The molecule has 2 aromatic heterocycles. The minimum atomic E-state index is -0.394. The largest absolute Gasteiger partial charge is 0.467 e. The molecule has 26 heavy (non-hydrogen) atoms. The monoisotopic (exact) mass is 352 g/mol. The molecule has 2 amide bonds. The number of aromatic nitrogens is 4. The maximum atomic E-state index is 12.5. The Balaban J connectivity index is 1.41. The van der Waals surface area contributed by atoms with Crippen molar-refractivity contribution < 1.29 is 14.0 Å². The zero-order valence-corrected chi connectivity index (χ0v) is 13.8. The summed E-state index contributed by atoms with van der Waals surface area (Å²) in [6, 6.07) is 10.8. The molecule has 132 valence electrons. The van der Waals surface area contributed by atoms with Crippen molar-refractivity contribution in [3.63, 3.8) is 0 Å². The molecule has 1 atom stereocenters. The van der Waals surface area contributed by atoms with Crippen molar-refractivity contribution in [3.8, 4) is 5.69 Å². The second-order valence-electron chi connectivity index (χ2n) is 6.05. The molecule has 3 heterocycles. The van der Waals surface area contributed by atoms with Crippen LogP contribution in [0.2, 0.25) is 0 Å². The molecular weight excluding hydrogens is 336 g/mol. The van der Waals surface area contributed by atoms with Crippen LogP contribution in [0.3, 0.4) is 0 Å². The van der Waals surface area contributed by atoms with Crippen LogP contribution < -0.4 is 5.32 Å². The van der Waals surface area contributed by atoms with Crippen LogP contribution in [0.5, 0.6) is 0 Å². The Labute approximate surface area is 148 Å². The number of carbonyl (C=O) groups is 2. The summed E-state index contributed by atoms with van der Waals surface area (Å²) >= 11 is 0. The van der Waals surface area contributed by atoms with Crippen molar-refractivity contribution in [1.82, 2.24) is 25.1 Å². The van der Waals surface area contributed by atoms with Crippen molar-refractivity contribution >= 4 is 17.5 Å². The summed E-state index contributed by atoms with van der Waals surface area (Å²) in [5.41, 5.74) is 1.36. The standard InChI is InChI=1S/C17H16N6O3/c24-16-7-12(9-22(16)10-15-5-2-6-26-15)17(25)19-13-3-1-4-14(8-13)23-11-18-20-21-23/h1-6,8,11-12H,7,9-10H2,(H,19,25).